The lowest BCUT2D eigenvalue weighted by atomic mass is 10.1. The number of fused-ring (bicyclic) bond motifs is 1. The standard InChI is InChI=1S/C15H18N2O2/c1-9-5-13-12(10(2)7-17-15(13)18)6-14(9)19-11-3-4-16-8-11/h5-7,11,16H,3-4,8H2,1-2H3,(H,17,18). The number of rotatable bonds is 2. The van der Waals surface area contributed by atoms with E-state index in [1.54, 1.807) is 6.20 Å². The highest BCUT2D eigenvalue weighted by molar-refractivity contribution is 5.86. The van der Waals surface area contributed by atoms with E-state index in [1.807, 2.05) is 26.0 Å². The van der Waals surface area contributed by atoms with Crippen molar-refractivity contribution in [2.75, 3.05) is 13.1 Å². The van der Waals surface area contributed by atoms with Gasteiger partial charge in [0.05, 0.1) is 0 Å². The molecule has 2 aromatic rings. The normalized spacial score (nSPS) is 18.9. The topological polar surface area (TPSA) is 54.1 Å². The highest BCUT2D eigenvalue weighted by atomic mass is 16.5. The van der Waals surface area contributed by atoms with Crippen LogP contribution in [0.4, 0.5) is 0 Å². The Morgan fingerprint density at radius 3 is 2.79 bits per heavy atom. The van der Waals surface area contributed by atoms with Gasteiger partial charge in [0.15, 0.2) is 0 Å². The second kappa shape index (κ2) is 4.70. The van der Waals surface area contributed by atoms with E-state index in [2.05, 4.69) is 10.3 Å². The van der Waals surface area contributed by atoms with E-state index in [-0.39, 0.29) is 11.7 Å². The maximum absolute atomic E-state index is 11.8. The first kappa shape index (κ1) is 12.2. The molecular formula is C15H18N2O2. The van der Waals surface area contributed by atoms with Crippen LogP contribution in [0.3, 0.4) is 0 Å². The van der Waals surface area contributed by atoms with Crippen LogP contribution in [0.25, 0.3) is 10.8 Å². The van der Waals surface area contributed by atoms with Crippen LogP contribution in [0.5, 0.6) is 5.75 Å². The summed E-state index contributed by atoms with van der Waals surface area (Å²) in [5.74, 6) is 0.884. The molecule has 1 aromatic heterocycles. The minimum Gasteiger partial charge on any atom is -0.489 e. The van der Waals surface area contributed by atoms with Crippen LogP contribution in [-0.2, 0) is 0 Å². The third kappa shape index (κ3) is 2.24. The molecule has 1 aliphatic rings. The largest absolute Gasteiger partial charge is 0.489 e. The van der Waals surface area contributed by atoms with Gasteiger partial charge in [0.1, 0.15) is 11.9 Å². The van der Waals surface area contributed by atoms with Gasteiger partial charge in [-0.25, -0.2) is 0 Å². The number of benzene rings is 1. The number of aryl methyl sites for hydroxylation is 2. The van der Waals surface area contributed by atoms with E-state index in [0.29, 0.717) is 0 Å². The van der Waals surface area contributed by atoms with Crippen LogP contribution in [0, 0.1) is 13.8 Å². The van der Waals surface area contributed by atoms with Crippen molar-refractivity contribution in [1.82, 2.24) is 10.3 Å². The quantitative estimate of drug-likeness (QED) is 0.865. The van der Waals surface area contributed by atoms with Crippen LogP contribution in [0.2, 0.25) is 0 Å². The number of aromatic nitrogens is 1. The van der Waals surface area contributed by atoms with Crippen LogP contribution in [0.15, 0.2) is 23.1 Å². The summed E-state index contributed by atoms with van der Waals surface area (Å²) in [4.78, 5) is 14.6. The van der Waals surface area contributed by atoms with Crippen LogP contribution in [0.1, 0.15) is 17.5 Å². The lowest BCUT2D eigenvalue weighted by molar-refractivity contribution is 0.222. The maximum atomic E-state index is 11.8. The SMILES string of the molecule is Cc1cc2c(=O)[nH]cc(C)c2cc1OC1CCNC1. The Morgan fingerprint density at radius 2 is 2.05 bits per heavy atom. The highest BCUT2D eigenvalue weighted by Gasteiger charge is 2.17. The number of hydrogen-bond acceptors (Lipinski definition) is 3. The number of H-pyrrole nitrogens is 1. The van der Waals surface area contributed by atoms with Gasteiger partial charge in [0.2, 0.25) is 0 Å². The van der Waals surface area contributed by atoms with E-state index in [0.717, 1.165) is 47.2 Å². The fraction of sp³-hybridized carbons (Fsp3) is 0.400. The maximum Gasteiger partial charge on any atom is 0.255 e. The first-order valence-electron chi connectivity index (χ1n) is 6.65. The first-order valence-corrected chi connectivity index (χ1v) is 6.65. The van der Waals surface area contributed by atoms with Gasteiger partial charge >= 0.3 is 0 Å². The molecule has 0 amide bonds. The van der Waals surface area contributed by atoms with Crippen molar-refractivity contribution in [1.29, 1.82) is 0 Å². The fourth-order valence-electron chi connectivity index (χ4n) is 2.57. The molecular weight excluding hydrogens is 240 g/mol. The summed E-state index contributed by atoms with van der Waals surface area (Å²) in [5, 5.41) is 4.99. The third-order valence-corrected chi connectivity index (χ3v) is 3.71. The molecule has 1 fully saturated rings. The van der Waals surface area contributed by atoms with E-state index in [9.17, 15) is 4.79 Å². The van der Waals surface area contributed by atoms with Gasteiger partial charge in [-0.15, -0.1) is 0 Å². The summed E-state index contributed by atoms with van der Waals surface area (Å²) in [5.41, 5.74) is 2.03. The Balaban J connectivity index is 2.07. The molecule has 1 saturated heterocycles. The van der Waals surface area contributed by atoms with Crippen molar-refractivity contribution in [3.05, 3.63) is 39.8 Å². The third-order valence-electron chi connectivity index (χ3n) is 3.71. The molecule has 2 N–H and O–H groups in total. The summed E-state index contributed by atoms with van der Waals surface area (Å²) < 4.78 is 6.03. The van der Waals surface area contributed by atoms with Crippen LogP contribution < -0.4 is 15.6 Å². The minimum atomic E-state index is -0.0437. The molecule has 1 aromatic carbocycles. The lowest BCUT2D eigenvalue weighted by Gasteiger charge is -2.15. The number of hydrogen-bond donors (Lipinski definition) is 2. The summed E-state index contributed by atoms with van der Waals surface area (Å²) in [7, 11) is 0. The van der Waals surface area contributed by atoms with Gasteiger partial charge in [-0.2, -0.15) is 0 Å². The predicted octanol–water partition coefficient (Wildman–Crippen LogP) is 1.89. The second-order valence-corrected chi connectivity index (χ2v) is 5.20. The number of nitrogens with one attached hydrogen (secondary N) is 2. The Kier molecular flexibility index (Phi) is 3.03. The Hall–Kier alpha value is -1.81. The van der Waals surface area contributed by atoms with Gasteiger partial charge in [-0.3, -0.25) is 4.79 Å². The van der Waals surface area contributed by atoms with E-state index in [4.69, 9.17) is 4.74 Å². The number of aromatic amines is 1. The van der Waals surface area contributed by atoms with Crippen molar-refractivity contribution in [2.24, 2.45) is 0 Å². The molecule has 0 radical (unpaired) electrons. The zero-order chi connectivity index (χ0) is 13.4. The van der Waals surface area contributed by atoms with Crippen molar-refractivity contribution >= 4 is 10.8 Å². The lowest BCUT2D eigenvalue weighted by Crippen LogP contribution is -2.20. The fourth-order valence-corrected chi connectivity index (χ4v) is 2.57. The molecule has 4 heteroatoms. The molecule has 4 nitrogen and oxygen atoms in total. The molecule has 0 aliphatic carbocycles. The van der Waals surface area contributed by atoms with Gasteiger partial charge < -0.3 is 15.0 Å². The molecule has 2 heterocycles. The molecule has 1 unspecified atom stereocenters. The highest BCUT2D eigenvalue weighted by Crippen LogP contribution is 2.27. The van der Waals surface area contributed by atoms with Gasteiger partial charge in [0, 0.05) is 18.1 Å². The molecule has 1 aliphatic heterocycles. The zero-order valence-corrected chi connectivity index (χ0v) is 11.2. The number of pyridine rings is 1. The monoisotopic (exact) mass is 258 g/mol. The van der Waals surface area contributed by atoms with Crippen LogP contribution in [-0.4, -0.2) is 24.2 Å². The van der Waals surface area contributed by atoms with Gasteiger partial charge in [-0.1, -0.05) is 0 Å². The summed E-state index contributed by atoms with van der Waals surface area (Å²) in [6.07, 6.45) is 3.02. The van der Waals surface area contributed by atoms with E-state index in [1.165, 1.54) is 0 Å². The molecule has 100 valence electrons. The molecule has 0 saturated carbocycles. The second-order valence-electron chi connectivity index (χ2n) is 5.20. The molecule has 3 rings (SSSR count). The van der Waals surface area contributed by atoms with Crippen LogP contribution >= 0.6 is 0 Å². The van der Waals surface area contributed by atoms with Gasteiger partial charge in [-0.05, 0) is 55.5 Å². The van der Waals surface area contributed by atoms with E-state index >= 15 is 0 Å². The number of ether oxygens (including phenoxy) is 1. The summed E-state index contributed by atoms with van der Waals surface area (Å²) >= 11 is 0. The average molecular weight is 258 g/mol. The van der Waals surface area contributed by atoms with E-state index < -0.39 is 0 Å². The Bertz CT molecular complexity index is 670. The Labute approximate surface area is 111 Å². The van der Waals surface area contributed by atoms with Crippen molar-refractivity contribution in [3.8, 4) is 5.75 Å². The predicted molar refractivity (Wildman–Crippen MR) is 75.9 cm³/mol. The Morgan fingerprint density at radius 1 is 1.21 bits per heavy atom. The van der Waals surface area contributed by atoms with Crippen molar-refractivity contribution in [2.45, 2.75) is 26.4 Å². The summed E-state index contributed by atoms with van der Waals surface area (Å²) in [6.45, 7) is 5.88. The first-order chi connectivity index (χ1) is 9.15. The molecule has 0 bridgehead atoms. The average Bonchev–Trinajstić information content (AvgIpc) is 2.89. The van der Waals surface area contributed by atoms with Crippen molar-refractivity contribution < 1.29 is 4.74 Å². The smallest absolute Gasteiger partial charge is 0.255 e. The molecule has 1 atom stereocenters. The summed E-state index contributed by atoms with van der Waals surface area (Å²) in [6, 6.07) is 3.91. The molecule has 19 heavy (non-hydrogen) atoms. The minimum absolute atomic E-state index is 0.0437. The molecule has 0 spiro atoms. The van der Waals surface area contributed by atoms with Crippen molar-refractivity contribution in [3.63, 3.8) is 0 Å². The van der Waals surface area contributed by atoms with Gasteiger partial charge in [0.25, 0.3) is 5.56 Å². The zero-order valence-electron chi connectivity index (χ0n) is 11.2.